The lowest BCUT2D eigenvalue weighted by atomic mass is 9.63. The molecule has 4 heterocycles. The largest absolute Gasteiger partial charge is 0.507 e. The number of carbonyl (C=O) groups is 5. The van der Waals surface area contributed by atoms with E-state index in [-0.39, 0.29) is 71.1 Å². The predicted octanol–water partition coefficient (Wildman–Crippen LogP) is 19.2. The first-order valence-corrected chi connectivity index (χ1v) is 44.8. The van der Waals surface area contributed by atoms with Crippen molar-refractivity contribution >= 4 is 62.4 Å². The van der Waals surface area contributed by atoms with Crippen LogP contribution >= 0.6 is 15.9 Å². The number of hydrogen-bond donors (Lipinski definition) is 5. The molecule has 0 unspecified atom stereocenters. The molecule has 4 amide bonds. The molecule has 4 saturated carbocycles. The second-order valence-corrected chi connectivity index (χ2v) is 36.3. The van der Waals surface area contributed by atoms with Crippen LogP contribution in [0.15, 0.2) is 146 Å². The molecule has 0 aromatic heterocycles. The van der Waals surface area contributed by atoms with Crippen LogP contribution in [0, 0.1) is 17.3 Å². The number of piperidine rings is 2. The molecule has 0 bridgehead atoms. The lowest BCUT2D eigenvalue weighted by molar-refractivity contribution is -0.161. The number of amides is 4. The summed E-state index contributed by atoms with van der Waals surface area (Å²) in [5.74, 6) is 3.20. The summed E-state index contributed by atoms with van der Waals surface area (Å²) in [6.07, 6.45) is 24.9. The lowest BCUT2D eigenvalue weighted by Crippen LogP contribution is -2.50. The monoisotopic (exact) mass is 1710 g/mol. The smallest absolute Gasteiger partial charge is 0.410 e. The molecule has 9 aliphatic rings. The van der Waals surface area contributed by atoms with Crippen LogP contribution in [0.3, 0.4) is 0 Å². The molecule has 6 aromatic rings. The third kappa shape index (κ3) is 24.7. The van der Waals surface area contributed by atoms with Crippen molar-refractivity contribution in [2.24, 2.45) is 17.3 Å². The summed E-state index contributed by atoms with van der Waals surface area (Å²) in [6.45, 7) is 30.7. The van der Waals surface area contributed by atoms with Crippen LogP contribution in [0.5, 0.6) is 28.7 Å². The number of esters is 1. The third-order valence-corrected chi connectivity index (χ3v) is 24.8. The summed E-state index contributed by atoms with van der Waals surface area (Å²) >= 11 is 3.46. The number of carbonyl (C=O) groups excluding carboxylic acids is 5. The van der Waals surface area contributed by atoms with E-state index >= 15 is 0 Å². The van der Waals surface area contributed by atoms with Gasteiger partial charge < -0.3 is 73.8 Å². The number of nitrogens with one attached hydrogen (secondary N) is 1. The van der Waals surface area contributed by atoms with Crippen molar-refractivity contribution < 1.29 is 72.8 Å². The molecular formula is C99H132BrN5O15. The van der Waals surface area contributed by atoms with Crippen molar-refractivity contribution in [3.63, 3.8) is 0 Å². The van der Waals surface area contributed by atoms with Gasteiger partial charge in [0.05, 0.1) is 23.1 Å². The zero-order valence-electron chi connectivity index (χ0n) is 73.3. The number of methoxy groups -OCH3 is 1. The Morgan fingerprint density at radius 1 is 0.517 bits per heavy atom. The number of likely N-dealkylation sites (tertiary alicyclic amines) is 1. The maximum absolute atomic E-state index is 12.9. The summed E-state index contributed by atoms with van der Waals surface area (Å²) < 4.78 is 35.4. The van der Waals surface area contributed by atoms with Gasteiger partial charge in [-0.25, -0.2) is 4.79 Å². The van der Waals surface area contributed by atoms with E-state index in [2.05, 4.69) is 45.5 Å². The molecule has 650 valence electrons. The van der Waals surface area contributed by atoms with Crippen molar-refractivity contribution in [3.05, 3.63) is 201 Å². The second-order valence-electron chi connectivity index (χ2n) is 35.0. The van der Waals surface area contributed by atoms with E-state index in [0.717, 1.165) is 137 Å². The van der Waals surface area contributed by atoms with Gasteiger partial charge in [0.2, 0.25) is 0 Å². The fraction of sp³-hybridized carbons (Fsp3) is 0.525. The van der Waals surface area contributed by atoms with Crippen LogP contribution in [0.1, 0.15) is 262 Å². The molecule has 120 heavy (non-hydrogen) atoms. The van der Waals surface area contributed by atoms with E-state index < -0.39 is 16.8 Å². The van der Waals surface area contributed by atoms with Crippen LogP contribution in [-0.4, -0.2) is 189 Å². The summed E-state index contributed by atoms with van der Waals surface area (Å²) in [7, 11) is 1.59. The molecule has 21 heteroatoms. The summed E-state index contributed by atoms with van der Waals surface area (Å²) in [5.41, 5.74) is 9.40. The molecule has 0 atom stereocenters. The number of aliphatic hydroxyl groups is 2. The number of nitrogens with zero attached hydrogens (tertiary/aromatic N) is 4. The normalized spacial score (nSPS) is 19.2. The van der Waals surface area contributed by atoms with Gasteiger partial charge in [0.15, 0.2) is 6.79 Å². The van der Waals surface area contributed by atoms with Crippen molar-refractivity contribution in [1.29, 1.82) is 0 Å². The number of phenols is 2. The van der Waals surface area contributed by atoms with Crippen molar-refractivity contribution in [1.82, 2.24) is 24.9 Å². The third-order valence-electron chi connectivity index (χ3n) is 23.9. The molecule has 20 nitrogen and oxygen atoms in total. The van der Waals surface area contributed by atoms with Crippen LogP contribution in [-0.2, 0) is 25.4 Å². The highest BCUT2D eigenvalue weighted by Gasteiger charge is 2.45. The van der Waals surface area contributed by atoms with Gasteiger partial charge in [-0.2, -0.15) is 0 Å². The number of aromatic hydroxyl groups is 2. The first kappa shape index (κ1) is 93.3. The first-order chi connectivity index (χ1) is 57.4. The van der Waals surface area contributed by atoms with Gasteiger partial charge in [-0.05, 0) is 296 Å². The van der Waals surface area contributed by atoms with Crippen molar-refractivity contribution in [2.75, 3.05) is 86.0 Å². The molecule has 6 fully saturated rings. The van der Waals surface area contributed by atoms with Crippen LogP contribution in [0.4, 0.5) is 4.79 Å². The van der Waals surface area contributed by atoms with Crippen LogP contribution in [0.2, 0.25) is 0 Å². The van der Waals surface area contributed by atoms with Gasteiger partial charge in [-0.3, -0.25) is 19.2 Å². The average molecular weight is 1710 g/mol. The maximum Gasteiger partial charge on any atom is 0.410 e. The molecule has 3 spiro atoms. The average Bonchev–Trinajstić information content (AvgIpc) is 0.913. The Hall–Kier alpha value is -8.99. The minimum absolute atomic E-state index is 0.0167. The van der Waals surface area contributed by atoms with Gasteiger partial charge in [0.25, 0.3) is 17.7 Å². The number of halogens is 1. The van der Waals surface area contributed by atoms with Crippen LogP contribution in [0.25, 0.3) is 16.7 Å². The van der Waals surface area contributed by atoms with Crippen molar-refractivity contribution in [3.8, 4) is 28.7 Å². The number of alkyl halides is 1. The molecule has 6 aromatic carbocycles. The van der Waals surface area contributed by atoms with Crippen molar-refractivity contribution in [2.45, 2.75) is 232 Å². The number of hydrogen-bond acceptors (Lipinski definition) is 16. The van der Waals surface area contributed by atoms with E-state index in [1.807, 2.05) is 207 Å². The van der Waals surface area contributed by atoms with Crippen LogP contribution < -0.4 is 19.5 Å². The molecule has 0 radical (unpaired) electrons. The number of fused-ring (bicyclic) bond motifs is 3. The standard InChI is InChI=1S/C31H40N2O6.C31H39NO4.C24H28N2O3.C5H10O.C4H7Br.C4H8O/c1-7-32(8-2)28(34)23-14-12-22(13-15-23)24-20-31(16-18-33(19-17-31)29(35)39-30(3,4)5)38-26-11-9-10-25(27(24)26)37-21-36-6;1-6-32(7-2)28(34)22-13-11-21(12-14-22)25-20-31(19-24-9-8-10-26(33)27(24)25)17-15-23(16-18-31)29(35)36-30(3,4)5;1-3-26(4-2)23(28)18-10-8-17(9-11-18)19-16-24(12-14-25-15-13-24)29-21-7-5-6-20(27)22(19)21;6-5-3-1-2-4-5;5-4-2-1-3-4;5-3-4-1-2-4/h9-15,20H,7-8,16-19,21H2,1-6H3;8-14,20,23,33H,6-7,15-19H2,1-5H3;5-11,16,25,27H,3-4,12-15H2,1-2H3;5-6H,1-4H2;4H,1-3H2;4-5H,1-3H2. The molecule has 4 aliphatic heterocycles. The second kappa shape index (κ2) is 42.7. The number of benzene rings is 6. The van der Waals surface area contributed by atoms with E-state index in [4.69, 9.17) is 38.6 Å². The Balaban J connectivity index is 0.000000173. The van der Waals surface area contributed by atoms with Gasteiger partial charge in [-0.1, -0.05) is 102 Å². The Morgan fingerprint density at radius 3 is 1.34 bits per heavy atom. The highest BCUT2D eigenvalue weighted by atomic mass is 79.9. The molecular weight excluding hydrogens is 1580 g/mol. The lowest BCUT2D eigenvalue weighted by Gasteiger charge is -2.43. The quantitative estimate of drug-likeness (QED) is 0.0324. The van der Waals surface area contributed by atoms with E-state index in [1.165, 1.54) is 44.9 Å². The van der Waals surface area contributed by atoms with E-state index in [9.17, 15) is 34.2 Å². The zero-order valence-corrected chi connectivity index (χ0v) is 74.9. The topological polar surface area (TPSA) is 247 Å². The molecule has 5 aliphatic carbocycles. The summed E-state index contributed by atoms with van der Waals surface area (Å²) in [4.78, 5) is 71.8. The SMILES string of the molecule is BrC1CCC1.CCN(CC)C(=O)c1ccc(C2=CC3(CCC(C(=O)OC(C)(C)C)CC3)Cc3cccc(O)c32)cc1.CCN(CC)C(=O)c1ccc(C2=CC3(CCN(C(=O)OC(C)(C)C)CC3)Oc3cccc(OCOC)c32)cc1.CCN(CC)C(=O)c1ccc(C2=CC3(CCNCC3)Oc3cccc(O)c32)cc1.OC1CCCC1.OCC1CC1. The first-order valence-electron chi connectivity index (χ1n) is 43.9. The molecule has 2 saturated heterocycles. The van der Waals surface area contributed by atoms with Gasteiger partial charge in [0, 0.05) is 119 Å². The molecule has 15 rings (SSSR count). The van der Waals surface area contributed by atoms with Gasteiger partial charge in [-0.15, -0.1) is 0 Å². The minimum atomic E-state index is -0.587. The number of rotatable bonds is 17. The summed E-state index contributed by atoms with van der Waals surface area (Å²) in [5, 5.41) is 41.7. The highest BCUT2D eigenvalue weighted by molar-refractivity contribution is 9.09. The number of allylic oxidation sites excluding steroid dienone is 1. The Morgan fingerprint density at radius 2 is 0.942 bits per heavy atom. The van der Waals surface area contributed by atoms with Gasteiger partial charge in [0.1, 0.15) is 51.2 Å². The van der Waals surface area contributed by atoms with E-state index in [0.29, 0.717) is 106 Å². The molecule has 5 N–H and O–H groups in total. The Labute approximate surface area is 721 Å². The Bertz CT molecular complexity index is 4480. The number of phenolic OH excluding ortho intramolecular Hbond substituents is 2. The maximum atomic E-state index is 12.9. The summed E-state index contributed by atoms with van der Waals surface area (Å²) in [6, 6.07) is 40.1. The highest BCUT2D eigenvalue weighted by Crippen LogP contribution is 2.53. The number of ether oxygens (including phenoxy) is 6. The Kier molecular flexibility index (Phi) is 33.2. The fourth-order valence-electron chi connectivity index (χ4n) is 16.6. The predicted molar refractivity (Wildman–Crippen MR) is 478 cm³/mol. The van der Waals surface area contributed by atoms with Gasteiger partial charge >= 0.3 is 12.1 Å². The fourth-order valence-corrected chi connectivity index (χ4v) is 17.2. The van der Waals surface area contributed by atoms with E-state index in [1.54, 1.807) is 24.1 Å². The minimum Gasteiger partial charge on any atom is -0.507 e. The zero-order chi connectivity index (χ0) is 86.5. The number of aliphatic hydroxyl groups excluding tert-OH is 2.